The molecule has 1 atom stereocenters. The lowest BCUT2D eigenvalue weighted by atomic mass is 10.2. The Hall–Kier alpha value is -1.73. The number of ether oxygens (including phenoxy) is 1. The van der Waals surface area contributed by atoms with Crippen LogP contribution in [0.25, 0.3) is 11.5 Å². The number of hydrogen-bond acceptors (Lipinski definition) is 6. The van der Waals surface area contributed by atoms with Gasteiger partial charge in [0.1, 0.15) is 0 Å². The molecule has 1 unspecified atom stereocenters. The van der Waals surface area contributed by atoms with Crippen molar-refractivity contribution in [3.05, 3.63) is 17.7 Å². The van der Waals surface area contributed by atoms with E-state index in [1.807, 2.05) is 27.1 Å². The highest BCUT2D eigenvalue weighted by Gasteiger charge is 2.18. The van der Waals surface area contributed by atoms with E-state index >= 15 is 0 Å². The van der Waals surface area contributed by atoms with Gasteiger partial charge in [-0.15, -0.1) is 0 Å². The van der Waals surface area contributed by atoms with Crippen molar-refractivity contribution < 1.29 is 9.26 Å². The van der Waals surface area contributed by atoms with Crippen molar-refractivity contribution in [2.24, 2.45) is 12.8 Å². The molecule has 0 fully saturated rings. The summed E-state index contributed by atoms with van der Waals surface area (Å²) >= 11 is 0. The third-order valence-electron chi connectivity index (χ3n) is 2.89. The summed E-state index contributed by atoms with van der Waals surface area (Å²) in [5.41, 5.74) is 7.76. The second kappa shape index (κ2) is 6.62. The Labute approximate surface area is 118 Å². The largest absolute Gasteiger partial charge is 0.379 e. The van der Waals surface area contributed by atoms with E-state index in [-0.39, 0.29) is 6.04 Å². The molecule has 7 heteroatoms. The van der Waals surface area contributed by atoms with Gasteiger partial charge in [0.05, 0.1) is 23.9 Å². The average Bonchev–Trinajstić information content (AvgIpc) is 3.04. The molecule has 2 aromatic heterocycles. The summed E-state index contributed by atoms with van der Waals surface area (Å²) in [6.45, 7) is 5.15. The molecule has 0 aliphatic rings. The molecule has 0 saturated carbocycles. The maximum Gasteiger partial charge on any atom is 0.261 e. The van der Waals surface area contributed by atoms with Crippen LogP contribution in [-0.4, -0.2) is 33.1 Å². The molecule has 0 saturated heterocycles. The van der Waals surface area contributed by atoms with Gasteiger partial charge in [0.15, 0.2) is 5.82 Å². The monoisotopic (exact) mass is 279 g/mol. The maximum absolute atomic E-state index is 5.97. The first-order valence-electron chi connectivity index (χ1n) is 6.85. The molecule has 0 radical (unpaired) electrons. The van der Waals surface area contributed by atoms with Gasteiger partial charge in [-0.25, -0.2) is 0 Å². The van der Waals surface area contributed by atoms with Crippen molar-refractivity contribution in [3.63, 3.8) is 0 Å². The quantitative estimate of drug-likeness (QED) is 0.771. The van der Waals surface area contributed by atoms with Crippen LogP contribution in [0.3, 0.4) is 0 Å². The number of aryl methyl sites for hydroxylation is 2. The standard InChI is InChI=1S/C13H21N5O2/c1-4-6-19-8-10(14)12-15-13(20-17-12)9-7-18(3)16-11(9)5-2/h7,10H,4-6,8,14H2,1-3H3. The molecule has 110 valence electrons. The van der Waals surface area contributed by atoms with Gasteiger partial charge in [0, 0.05) is 19.9 Å². The molecule has 2 rings (SSSR count). The highest BCUT2D eigenvalue weighted by atomic mass is 16.5. The van der Waals surface area contributed by atoms with E-state index in [1.54, 1.807) is 4.68 Å². The summed E-state index contributed by atoms with van der Waals surface area (Å²) < 4.78 is 12.4. The minimum atomic E-state index is -0.374. The molecule has 0 spiro atoms. The molecule has 2 N–H and O–H groups in total. The zero-order chi connectivity index (χ0) is 14.5. The summed E-state index contributed by atoms with van der Waals surface area (Å²) in [5, 5.41) is 8.28. The normalized spacial score (nSPS) is 12.8. The minimum Gasteiger partial charge on any atom is -0.379 e. The second-order valence-corrected chi connectivity index (χ2v) is 4.66. The van der Waals surface area contributed by atoms with Gasteiger partial charge in [0.25, 0.3) is 5.89 Å². The van der Waals surface area contributed by atoms with E-state index in [9.17, 15) is 0 Å². The average molecular weight is 279 g/mol. The molecule has 2 aromatic rings. The van der Waals surface area contributed by atoms with E-state index in [2.05, 4.69) is 15.2 Å². The number of aromatic nitrogens is 4. The van der Waals surface area contributed by atoms with Crippen LogP contribution < -0.4 is 5.73 Å². The number of hydrogen-bond donors (Lipinski definition) is 1. The Morgan fingerprint density at radius 3 is 2.95 bits per heavy atom. The van der Waals surface area contributed by atoms with Crippen LogP contribution >= 0.6 is 0 Å². The molecule has 0 amide bonds. The van der Waals surface area contributed by atoms with Gasteiger partial charge >= 0.3 is 0 Å². The highest BCUT2D eigenvalue weighted by Crippen LogP contribution is 2.22. The molecule has 0 aliphatic carbocycles. The smallest absolute Gasteiger partial charge is 0.261 e. The SMILES string of the molecule is CCCOCC(N)c1noc(-c2cn(C)nc2CC)n1. The van der Waals surface area contributed by atoms with Gasteiger partial charge in [-0.2, -0.15) is 10.1 Å². The predicted octanol–water partition coefficient (Wildman–Crippen LogP) is 1.46. The lowest BCUT2D eigenvalue weighted by Crippen LogP contribution is -2.18. The number of nitrogens with zero attached hydrogens (tertiary/aromatic N) is 4. The molecule has 20 heavy (non-hydrogen) atoms. The zero-order valence-corrected chi connectivity index (χ0v) is 12.2. The first kappa shape index (κ1) is 14.7. The van der Waals surface area contributed by atoms with Gasteiger partial charge in [0.2, 0.25) is 0 Å². The fourth-order valence-electron chi connectivity index (χ4n) is 1.90. The first-order valence-corrected chi connectivity index (χ1v) is 6.85. The summed E-state index contributed by atoms with van der Waals surface area (Å²) in [7, 11) is 1.87. The summed E-state index contributed by atoms with van der Waals surface area (Å²) in [5.74, 6) is 0.915. The van der Waals surface area contributed by atoms with Crippen LogP contribution in [0.2, 0.25) is 0 Å². The Balaban J connectivity index is 2.11. The van der Waals surface area contributed by atoms with Crippen LogP contribution in [0.5, 0.6) is 0 Å². The summed E-state index contributed by atoms with van der Waals surface area (Å²) in [6, 6.07) is -0.374. The van der Waals surface area contributed by atoms with E-state index in [0.29, 0.717) is 24.9 Å². The van der Waals surface area contributed by atoms with Gasteiger partial charge in [-0.3, -0.25) is 4.68 Å². The molecule has 0 aromatic carbocycles. The lowest BCUT2D eigenvalue weighted by molar-refractivity contribution is 0.119. The Morgan fingerprint density at radius 2 is 2.25 bits per heavy atom. The topological polar surface area (TPSA) is 92.0 Å². The fraction of sp³-hybridized carbons (Fsp3) is 0.615. The second-order valence-electron chi connectivity index (χ2n) is 4.66. The van der Waals surface area contributed by atoms with Crippen molar-refractivity contribution in [3.8, 4) is 11.5 Å². The lowest BCUT2D eigenvalue weighted by Gasteiger charge is -2.06. The predicted molar refractivity (Wildman–Crippen MR) is 73.9 cm³/mol. The number of nitrogens with two attached hydrogens (primary N) is 1. The Kier molecular flexibility index (Phi) is 4.86. The molecule has 0 aliphatic heterocycles. The number of rotatable bonds is 7. The molecule has 2 heterocycles. The van der Waals surface area contributed by atoms with Crippen LogP contribution in [-0.2, 0) is 18.2 Å². The fourth-order valence-corrected chi connectivity index (χ4v) is 1.90. The summed E-state index contributed by atoms with van der Waals surface area (Å²) in [6.07, 6.45) is 3.63. The minimum absolute atomic E-state index is 0.374. The zero-order valence-electron chi connectivity index (χ0n) is 12.2. The molecule has 0 bridgehead atoms. The van der Waals surface area contributed by atoms with E-state index in [4.69, 9.17) is 15.0 Å². The van der Waals surface area contributed by atoms with Crippen molar-refractivity contribution in [2.75, 3.05) is 13.2 Å². The van der Waals surface area contributed by atoms with Crippen molar-refractivity contribution in [1.82, 2.24) is 19.9 Å². The van der Waals surface area contributed by atoms with Crippen molar-refractivity contribution >= 4 is 0 Å². The van der Waals surface area contributed by atoms with E-state index in [1.165, 1.54) is 0 Å². The van der Waals surface area contributed by atoms with Crippen LogP contribution in [0.1, 0.15) is 37.8 Å². The summed E-state index contributed by atoms with van der Waals surface area (Å²) in [4.78, 5) is 4.34. The van der Waals surface area contributed by atoms with Crippen molar-refractivity contribution in [2.45, 2.75) is 32.7 Å². The van der Waals surface area contributed by atoms with Crippen LogP contribution in [0, 0.1) is 0 Å². The Bertz CT molecular complexity index is 549. The maximum atomic E-state index is 5.97. The third kappa shape index (κ3) is 3.23. The van der Waals surface area contributed by atoms with Crippen LogP contribution in [0.15, 0.2) is 10.7 Å². The van der Waals surface area contributed by atoms with Gasteiger partial charge < -0.3 is 15.0 Å². The third-order valence-corrected chi connectivity index (χ3v) is 2.89. The molecular weight excluding hydrogens is 258 g/mol. The van der Waals surface area contributed by atoms with Gasteiger partial charge in [-0.1, -0.05) is 19.0 Å². The molecular formula is C13H21N5O2. The molecule has 7 nitrogen and oxygen atoms in total. The van der Waals surface area contributed by atoms with Crippen LogP contribution in [0.4, 0.5) is 0 Å². The van der Waals surface area contributed by atoms with E-state index in [0.717, 1.165) is 24.1 Å². The first-order chi connectivity index (χ1) is 9.65. The van der Waals surface area contributed by atoms with Gasteiger partial charge in [-0.05, 0) is 12.8 Å². The van der Waals surface area contributed by atoms with Crippen molar-refractivity contribution in [1.29, 1.82) is 0 Å². The Morgan fingerprint density at radius 1 is 1.45 bits per heavy atom. The highest BCUT2D eigenvalue weighted by molar-refractivity contribution is 5.55. The van der Waals surface area contributed by atoms with E-state index < -0.39 is 0 Å².